The van der Waals surface area contributed by atoms with E-state index in [1.165, 1.54) is 0 Å². The van der Waals surface area contributed by atoms with Crippen molar-refractivity contribution in [3.8, 4) is 0 Å². The summed E-state index contributed by atoms with van der Waals surface area (Å²) in [7, 11) is -1.11. The van der Waals surface area contributed by atoms with Crippen LogP contribution in [0.2, 0.25) is 0 Å². The van der Waals surface area contributed by atoms with Crippen LogP contribution in [0.4, 0.5) is 11.7 Å². The number of sulfone groups is 1. The Morgan fingerprint density at radius 2 is 2.26 bits per heavy atom. The van der Waals surface area contributed by atoms with Crippen LogP contribution in [-0.4, -0.2) is 38.0 Å². The molecule has 2 aromatic rings. The molecule has 6 nitrogen and oxygen atoms in total. The molecule has 1 fully saturated rings. The summed E-state index contributed by atoms with van der Waals surface area (Å²) in [6, 6.07) is 5.61. The number of hydrogen-bond acceptors (Lipinski definition) is 6. The molecule has 0 spiro atoms. The first-order valence-electron chi connectivity index (χ1n) is 6.04. The van der Waals surface area contributed by atoms with Gasteiger partial charge in [-0.15, -0.1) is 0 Å². The molecule has 1 aromatic heterocycles. The minimum atomic E-state index is -2.92. The molecule has 1 aliphatic rings. The van der Waals surface area contributed by atoms with Crippen molar-refractivity contribution in [1.29, 1.82) is 0 Å². The van der Waals surface area contributed by atoms with E-state index in [2.05, 4.69) is 4.98 Å². The highest BCUT2D eigenvalue weighted by molar-refractivity contribution is 7.91. The van der Waals surface area contributed by atoms with Gasteiger partial charge in [0.05, 0.1) is 11.5 Å². The molecule has 2 N–H and O–H groups in total. The van der Waals surface area contributed by atoms with Crippen molar-refractivity contribution in [2.24, 2.45) is 0 Å². The number of rotatable bonds is 2. The van der Waals surface area contributed by atoms with E-state index < -0.39 is 9.84 Å². The van der Waals surface area contributed by atoms with E-state index in [4.69, 9.17) is 10.2 Å². The Labute approximate surface area is 111 Å². The Balaban J connectivity index is 1.91. The zero-order chi connectivity index (χ0) is 13.6. The predicted molar refractivity (Wildman–Crippen MR) is 73.9 cm³/mol. The van der Waals surface area contributed by atoms with Gasteiger partial charge in [-0.05, 0) is 24.6 Å². The van der Waals surface area contributed by atoms with E-state index in [0.717, 1.165) is 0 Å². The van der Waals surface area contributed by atoms with E-state index in [0.29, 0.717) is 29.2 Å². The van der Waals surface area contributed by atoms with Crippen LogP contribution in [0.3, 0.4) is 0 Å². The summed E-state index contributed by atoms with van der Waals surface area (Å²) in [5.41, 5.74) is 7.65. The Kier molecular flexibility index (Phi) is 2.67. The Bertz CT molecular complexity index is 723. The Hall–Kier alpha value is -1.76. The van der Waals surface area contributed by atoms with Crippen LogP contribution in [0.25, 0.3) is 11.1 Å². The highest BCUT2D eigenvalue weighted by atomic mass is 32.2. The summed E-state index contributed by atoms with van der Waals surface area (Å²) in [5, 5.41) is 0. The summed E-state index contributed by atoms with van der Waals surface area (Å²) >= 11 is 0. The smallest absolute Gasteiger partial charge is 0.298 e. The first kappa shape index (κ1) is 12.3. The number of fused-ring (bicyclic) bond motifs is 1. The van der Waals surface area contributed by atoms with Gasteiger partial charge >= 0.3 is 0 Å². The van der Waals surface area contributed by atoms with Crippen LogP contribution in [0.5, 0.6) is 0 Å². The zero-order valence-corrected chi connectivity index (χ0v) is 11.4. The van der Waals surface area contributed by atoms with E-state index in [-0.39, 0.29) is 17.5 Å². The summed E-state index contributed by atoms with van der Waals surface area (Å²) in [6.07, 6.45) is 0.611. The van der Waals surface area contributed by atoms with E-state index in [9.17, 15) is 8.42 Å². The third-order valence-corrected chi connectivity index (χ3v) is 5.21. The van der Waals surface area contributed by atoms with Crippen molar-refractivity contribution in [3.05, 3.63) is 18.2 Å². The van der Waals surface area contributed by atoms with E-state index >= 15 is 0 Å². The summed E-state index contributed by atoms with van der Waals surface area (Å²) in [6.45, 7) is 0. The lowest BCUT2D eigenvalue weighted by molar-refractivity contribution is 0.550. The van der Waals surface area contributed by atoms with Gasteiger partial charge in [0.1, 0.15) is 5.52 Å². The molecule has 1 aliphatic heterocycles. The third-order valence-electron chi connectivity index (χ3n) is 3.46. The molecule has 0 amide bonds. The summed E-state index contributed by atoms with van der Waals surface area (Å²) in [4.78, 5) is 6.14. The van der Waals surface area contributed by atoms with Crippen LogP contribution in [0, 0.1) is 0 Å². The second-order valence-corrected chi connectivity index (χ2v) is 7.12. The first-order valence-corrected chi connectivity index (χ1v) is 7.86. The van der Waals surface area contributed by atoms with Crippen molar-refractivity contribution < 1.29 is 12.8 Å². The molecule has 2 heterocycles. The molecular weight excluding hydrogens is 266 g/mol. The fourth-order valence-electron chi connectivity index (χ4n) is 2.32. The second kappa shape index (κ2) is 4.12. The maximum absolute atomic E-state index is 11.5. The molecule has 3 rings (SSSR count). The number of nitrogens with zero attached hydrogens (tertiary/aromatic N) is 2. The Morgan fingerprint density at radius 1 is 1.47 bits per heavy atom. The lowest BCUT2D eigenvalue weighted by Crippen LogP contribution is -2.32. The van der Waals surface area contributed by atoms with Crippen molar-refractivity contribution in [2.75, 3.05) is 29.2 Å². The minimum Gasteiger partial charge on any atom is -0.423 e. The molecule has 0 bridgehead atoms. The number of nitrogens with two attached hydrogens (primary N) is 1. The average molecular weight is 281 g/mol. The standard InChI is InChI=1S/C12H15N3O3S/c1-15(9-4-5-19(16,17)7-9)12-14-10-6-8(13)2-3-11(10)18-12/h2-3,6,9H,4-5,7,13H2,1H3. The molecule has 0 radical (unpaired) electrons. The fraction of sp³-hybridized carbons (Fsp3) is 0.417. The maximum Gasteiger partial charge on any atom is 0.298 e. The van der Waals surface area contributed by atoms with Gasteiger partial charge in [0.2, 0.25) is 0 Å². The highest BCUT2D eigenvalue weighted by Crippen LogP contribution is 2.26. The van der Waals surface area contributed by atoms with Gasteiger partial charge in [0, 0.05) is 18.8 Å². The largest absolute Gasteiger partial charge is 0.423 e. The Morgan fingerprint density at radius 3 is 2.95 bits per heavy atom. The minimum absolute atomic E-state index is 0.0737. The van der Waals surface area contributed by atoms with Crippen LogP contribution < -0.4 is 10.6 Å². The van der Waals surface area contributed by atoms with Crippen molar-refractivity contribution in [2.45, 2.75) is 12.5 Å². The quantitative estimate of drug-likeness (QED) is 0.827. The van der Waals surface area contributed by atoms with Gasteiger partial charge in [-0.1, -0.05) is 0 Å². The number of benzene rings is 1. The first-order chi connectivity index (χ1) is 8.94. The molecule has 19 heavy (non-hydrogen) atoms. The second-order valence-electron chi connectivity index (χ2n) is 4.89. The lowest BCUT2D eigenvalue weighted by Gasteiger charge is -2.20. The van der Waals surface area contributed by atoms with Gasteiger partial charge in [-0.3, -0.25) is 0 Å². The van der Waals surface area contributed by atoms with Crippen LogP contribution in [0.15, 0.2) is 22.6 Å². The summed E-state index contributed by atoms with van der Waals surface area (Å²) in [5.74, 6) is 0.388. The molecule has 1 atom stereocenters. The van der Waals surface area contributed by atoms with E-state index in [1.54, 1.807) is 30.1 Å². The number of hydrogen-bond donors (Lipinski definition) is 1. The van der Waals surface area contributed by atoms with Crippen molar-refractivity contribution >= 4 is 32.6 Å². The molecule has 0 aliphatic carbocycles. The van der Waals surface area contributed by atoms with Gasteiger partial charge < -0.3 is 15.1 Å². The topological polar surface area (TPSA) is 89.4 Å². The average Bonchev–Trinajstić information content (AvgIpc) is 2.90. The van der Waals surface area contributed by atoms with Gasteiger partial charge in [0.15, 0.2) is 15.4 Å². The van der Waals surface area contributed by atoms with Gasteiger partial charge in [-0.2, -0.15) is 4.98 Å². The molecule has 1 saturated heterocycles. The number of oxazole rings is 1. The number of aromatic nitrogens is 1. The molecular formula is C12H15N3O3S. The van der Waals surface area contributed by atoms with Crippen molar-refractivity contribution in [1.82, 2.24) is 4.98 Å². The fourth-order valence-corrected chi connectivity index (χ4v) is 4.09. The molecule has 0 saturated carbocycles. The lowest BCUT2D eigenvalue weighted by atomic mass is 10.2. The monoisotopic (exact) mass is 281 g/mol. The zero-order valence-electron chi connectivity index (χ0n) is 10.5. The molecule has 7 heteroatoms. The van der Waals surface area contributed by atoms with Crippen LogP contribution >= 0.6 is 0 Å². The molecule has 1 unspecified atom stereocenters. The maximum atomic E-state index is 11.5. The third kappa shape index (κ3) is 2.25. The molecule has 102 valence electrons. The van der Waals surface area contributed by atoms with Gasteiger partial charge in [-0.25, -0.2) is 8.42 Å². The highest BCUT2D eigenvalue weighted by Gasteiger charge is 2.32. The molecule has 1 aromatic carbocycles. The van der Waals surface area contributed by atoms with Crippen LogP contribution in [-0.2, 0) is 9.84 Å². The predicted octanol–water partition coefficient (Wildman–Crippen LogP) is 1.03. The number of nitrogen functional groups attached to an aromatic ring is 1. The van der Waals surface area contributed by atoms with Crippen molar-refractivity contribution in [3.63, 3.8) is 0 Å². The summed E-state index contributed by atoms with van der Waals surface area (Å²) < 4.78 is 28.6. The van der Waals surface area contributed by atoms with Crippen LogP contribution in [0.1, 0.15) is 6.42 Å². The van der Waals surface area contributed by atoms with E-state index in [1.807, 2.05) is 0 Å². The van der Waals surface area contributed by atoms with Gasteiger partial charge in [0.25, 0.3) is 6.01 Å². The normalized spacial score (nSPS) is 21.8. The number of anilines is 2. The SMILES string of the molecule is CN(c1nc2cc(N)ccc2o1)C1CCS(=O)(=O)C1.